The Morgan fingerprint density at radius 3 is 2.48 bits per heavy atom. The van der Waals surface area contributed by atoms with Crippen molar-refractivity contribution in [1.82, 2.24) is 10.3 Å². The first-order chi connectivity index (χ1) is 13.0. The molecule has 1 heterocycles. The average Bonchev–Trinajstić information content (AvgIpc) is 3.10. The quantitative estimate of drug-likeness (QED) is 0.632. The van der Waals surface area contributed by atoms with E-state index in [4.69, 9.17) is 11.6 Å². The van der Waals surface area contributed by atoms with Gasteiger partial charge in [-0.3, -0.25) is 9.59 Å². The molecular weight excluding hydrogens is 382 g/mol. The van der Waals surface area contributed by atoms with Gasteiger partial charge in [0, 0.05) is 22.9 Å². The van der Waals surface area contributed by atoms with Gasteiger partial charge in [-0.25, -0.2) is 4.98 Å². The zero-order valence-corrected chi connectivity index (χ0v) is 16.2. The van der Waals surface area contributed by atoms with E-state index < -0.39 is 0 Å². The van der Waals surface area contributed by atoms with Gasteiger partial charge in [-0.05, 0) is 17.7 Å². The summed E-state index contributed by atoms with van der Waals surface area (Å²) in [5.74, 6) is -0.398. The maximum Gasteiger partial charge on any atom is 0.228 e. The normalized spacial score (nSPS) is 11.6. The molecule has 0 saturated heterocycles. The molecule has 27 heavy (non-hydrogen) atoms. The molecular formula is C20H18ClN3O2S. The summed E-state index contributed by atoms with van der Waals surface area (Å²) in [6.07, 6.45) is 0.124. The maximum atomic E-state index is 12.5. The molecule has 0 fully saturated rings. The van der Waals surface area contributed by atoms with Gasteiger partial charge in [-0.1, -0.05) is 54.1 Å². The monoisotopic (exact) mass is 399 g/mol. The molecule has 0 aliphatic carbocycles. The third-order valence-corrected chi connectivity index (χ3v) is 4.87. The molecule has 0 aliphatic heterocycles. The highest BCUT2D eigenvalue weighted by Gasteiger charge is 2.18. The molecule has 3 rings (SSSR count). The second-order valence-electron chi connectivity index (χ2n) is 5.96. The van der Waals surface area contributed by atoms with Crippen LogP contribution in [0.5, 0.6) is 0 Å². The van der Waals surface area contributed by atoms with Crippen LogP contribution in [0.15, 0.2) is 60.0 Å². The number of nitrogens with zero attached hydrogens (tertiary/aromatic N) is 1. The third kappa shape index (κ3) is 5.39. The molecule has 7 heteroatoms. The number of amides is 2. The van der Waals surface area contributed by atoms with Crippen molar-refractivity contribution < 1.29 is 9.59 Å². The number of carbonyl (C=O) groups is 2. The fraction of sp³-hybridized carbons (Fsp3) is 0.150. The van der Waals surface area contributed by atoms with E-state index in [-0.39, 0.29) is 24.3 Å². The van der Waals surface area contributed by atoms with E-state index in [0.717, 1.165) is 16.8 Å². The summed E-state index contributed by atoms with van der Waals surface area (Å²) in [4.78, 5) is 28.4. The predicted octanol–water partition coefficient (Wildman–Crippen LogP) is 4.67. The number of carbonyl (C=O) groups excluding carboxylic acids is 2. The van der Waals surface area contributed by atoms with Crippen LogP contribution in [0.3, 0.4) is 0 Å². The number of nitrogens with one attached hydrogen (secondary N) is 2. The minimum absolute atomic E-state index is 0.124. The SMILES string of the molecule is CC(=O)N[C@@H](CC(=O)Nc1nc(-c2ccc(Cl)cc2)cs1)c1ccccc1. The average molecular weight is 400 g/mol. The summed E-state index contributed by atoms with van der Waals surface area (Å²) in [6, 6.07) is 16.4. The van der Waals surface area contributed by atoms with Gasteiger partial charge >= 0.3 is 0 Å². The Bertz CT molecular complexity index is 926. The van der Waals surface area contributed by atoms with Gasteiger partial charge in [0.05, 0.1) is 18.2 Å². The Balaban J connectivity index is 1.67. The van der Waals surface area contributed by atoms with Crippen LogP contribution in [0.25, 0.3) is 11.3 Å². The van der Waals surface area contributed by atoms with Crippen molar-refractivity contribution in [2.24, 2.45) is 0 Å². The van der Waals surface area contributed by atoms with Gasteiger partial charge in [-0.2, -0.15) is 0 Å². The van der Waals surface area contributed by atoms with Crippen molar-refractivity contribution in [1.29, 1.82) is 0 Å². The minimum Gasteiger partial charge on any atom is -0.349 e. The number of thiazole rings is 1. The molecule has 2 amide bonds. The number of hydrogen-bond donors (Lipinski definition) is 2. The van der Waals surface area contributed by atoms with Gasteiger partial charge in [0.15, 0.2) is 5.13 Å². The molecule has 0 radical (unpaired) electrons. The Morgan fingerprint density at radius 2 is 1.81 bits per heavy atom. The van der Waals surface area contributed by atoms with Crippen molar-refractivity contribution in [2.75, 3.05) is 5.32 Å². The van der Waals surface area contributed by atoms with Crippen LogP contribution >= 0.6 is 22.9 Å². The Labute approximate surface area is 166 Å². The number of rotatable bonds is 6. The zero-order valence-electron chi connectivity index (χ0n) is 14.6. The van der Waals surface area contributed by atoms with E-state index in [1.807, 2.05) is 47.8 Å². The van der Waals surface area contributed by atoms with Crippen LogP contribution in [0.4, 0.5) is 5.13 Å². The number of halogens is 1. The summed E-state index contributed by atoms with van der Waals surface area (Å²) in [6.45, 7) is 1.44. The van der Waals surface area contributed by atoms with Gasteiger partial charge in [-0.15, -0.1) is 11.3 Å². The summed E-state index contributed by atoms with van der Waals surface area (Å²) in [5.41, 5.74) is 2.58. The number of anilines is 1. The lowest BCUT2D eigenvalue weighted by atomic mass is 10.0. The van der Waals surface area contributed by atoms with Gasteiger partial charge < -0.3 is 10.6 Å². The summed E-state index contributed by atoms with van der Waals surface area (Å²) >= 11 is 7.25. The zero-order chi connectivity index (χ0) is 19.2. The molecule has 1 atom stereocenters. The number of hydrogen-bond acceptors (Lipinski definition) is 4. The van der Waals surface area contributed by atoms with Crippen LogP contribution in [0, 0.1) is 0 Å². The molecule has 2 aromatic carbocycles. The van der Waals surface area contributed by atoms with Crippen molar-refractivity contribution in [3.05, 3.63) is 70.6 Å². The van der Waals surface area contributed by atoms with E-state index in [0.29, 0.717) is 10.2 Å². The van der Waals surface area contributed by atoms with Crippen LogP contribution in [-0.4, -0.2) is 16.8 Å². The predicted molar refractivity (Wildman–Crippen MR) is 109 cm³/mol. The first-order valence-corrected chi connectivity index (χ1v) is 9.60. The molecule has 5 nitrogen and oxygen atoms in total. The van der Waals surface area contributed by atoms with Crippen molar-refractivity contribution in [2.45, 2.75) is 19.4 Å². The summed E-state index contributed by atoms with van der Waals surface area (Å²) in [7, 11) is 0. The van der Waals surface area contributed by atoms with E-state index in [1.54, 1.807) is 12.1 Å². The van der Waals surface area contributed by atoms with Crippen molar-refractivity contribution in [3.63, 3.8) is 0 Å². The number of benzene rings is 2. The summed E-state index contributed by atoms with van der Waals surface area (Å²) in [5, 5.41) is 8.68. The van der Waals surface area contributed by atoms with Crippen LogP contribution in [-0.2, 0) is 9.59 Å². The van der Waals surface area contributed by atoms with Gasteiger partial charge in [0.2, 0.25) is 11.8 Å². The Morgan fingerprint density at radius 1 is 1.11 bits per heavy atom. The second kappa shape index (κ2) is 8.79. The molecule has 3 aromatic rings. The molecule has 0 unspecified atom stereocenters. The highest BCUT2D eigenvalue weighted by molar-refractivity contribution is 7.14. The van der Waals surface area contributed by atoms with Gasteiger partial charge in [0.1, 0.15) is 0 Å². The topological polar surface area (TPSA) is 71.1 Å². The fourth-order valence-corrected chi connectivity index (χ4v) is 3.48. The fourth-order valence-electron chi connectivity index (χ4n) is 2.62. The van der Waals surface area contributed by atoms with Crippen LogP contribution in [0.2, 0.25) is 5.02 Å². The maximum absolute atomic E-state index is 12.5. The highest BCUT2D eigenvalue weighted by Crippen LogP contribution is 2.26. The molecule has 0 spiro atoms. The lowest BCUT2D eigenvalue weighted by molar-refractivity contribution is -0.120. The molecule has 2 N–H and O–H groups in total. The largest absolute Gasteiger partial charge is 0.349 e. The first-order valence-electron chi connectivity index (χ1n) is 8.34. The van der Waals surface area contributed by atoms with E-state index in [2.05, 4.69) is 15.6 Å². The van der Waals surface area contributed by atoms with Gasteiger partial charge in [0.25, 0.3) is 0 Å². The Hall–Kier alpha value is -2.70. The highest BCUT2D eigenvalue weighted by atomic mass is 35.5. The molecule has 0 saturated carbocycles. The van der Waals surface area contributed by atoms with E-state index in [1.165, 1.54) is 18.3 Å². The first kappa shape index (κ1) is 19.1. The molecule has 0 bridgehead atoms. The van der Waals surface area contributed by atoms with Crippen LogP contribution in [0.1, 0.15) is 24.9 Å². The lowest BCUT2D eigenvalue weighted by Gasteiger charge is -2.17. The van der Waals surface area contributed by atoms with Crippen LogP contribution < -0.4 is 10.6 Å². The summed E-state index contributed by atoms with van der Waals surface area (Å²) < 4.78 is 0. The molecule has 138 valence electrons. The van der Waals surface area contributed by atoms with Crippen molar-refractivity contribution >= 4 is 39.9 Å². The Kier molecular flexibility index (Phi) is 6.21. The standard InChI is InChI=1S/C20H18ClN3O2S/c1-13(25)22-17(14-5-3-2-4-6-14)11-19(26)24-20-23-18(12-27-20)15-7-9-16(21)10-8-15/h2-10,12,17H,11H2,1H3,(H,22,25)(H,23,24,26)/t17-/m0/s1. The third-order valence-electron chi connectivity index (χ3n) is 3.86. The van der Waals surface area contributed by atoms with E-state index in [9.17, 15) is 9.59 Å². The molecule has 1 aromatic heterocycles. The van der Waals surface area contributed by atoms with E-state index >= 15 is 0 Å². The minimum atomic E-state index is -0.389. The number of aromatic nitrogens is 1. The lowest BCUT2D eigenvalue weighted by Crippen LogP contribution is -2.29. The smallest absolute Gasteiger partial charge is 0.228 e. The second-order valence-corrected chi connectivity index (χ2v) is 7.26. The van der Waals surface area contributed by atoms with Crippen molar-refractivity contribution in [3.8, 4) is 11.3 Å². The molecule has 0 aliphatic rings.